The number of rotatable bonds is 13. The highest BCUT2D eigenvalue weighted by Crippen LogP contribution is 2.37. The van der Waals surface area contributed by atoms with Crippen molar-refractivity contribution in [3.63, 3.8) is 0 Å². The van der Waals surface area contributed by atoms with E-state index in [0.717, 1.165) is 18.2 Å². The predicted octanol–water partition coefficient (Wildman–Crippen LogP) is 2.99. The third-order valence-corrected chi connectivity index (χ3v) is 9.62. The standard InChI is InChI=1S/C30H27N7O13S3/c1-37(9-10-51(42,43)44)30-35-28(34-29(36-30)33-22-8-3-2-7-21(22)27(40)41)31-18-6-4-5-16(11-18)26(39)32-23-14-19(52(45,46)47)12-17-13-20(53(48,49)50)15-24(38)25(17)23/h2-8,11-15,38H,9-10H2,1H3,(H,32,39)(H,40,41)(H,42,43,44)(H,45,46,47)(H,48,49,50)(H2,31,33,34,35,36). The smallest absolute Gasteiger partial charge is 0.337 e. The Hall–Kier alpha value is -5.98. The zero-order chi connectivity index (χ0) is 38.9. The molecule has 20 nitrogen and oxygen atoms in total. The molecule has 5 aromatic rings. The lowest BCUT2D eigenvalue weighted by Crippen LogP contribution is -2.27. The summed E-state index contributed by atoms with van der Waals surface area (Å²) >= 11 is 0. The van der Waals surface area contributed by atoms with E-state index in [9.17, 15) is 58.7 Å². The average molecular weight is 790 g/mol. The van der Waals surface area contributed by atoms with Crippen molar-refractivity contribution < 1.29 is 58.7 Å². The minimum absolute atomic E-state index is 0.0669. The number of carboxylic acids is 1. The Morgan fingerprint density at radius 3 is 2.00 bits per heavy atom. The van der Waals surface area contributed by atoms with Crippen LogP contribution >= 0.6 is 0 Å². The van der Waals surface area contributed by atoms with Gasteiger partial charge in [-0.3, -0.25) is 18.5 Å². The summed E-state index contributed by atoms with van der Waals surface area (Å²) in [5.41, 5.74) is -0.254. The van der Waals surface area contributed by atoms with Gasteiger partial charge in [0.2, 0.25) is 17.8 Å². The molecular formula is C30H27N7O13S3. The lowest BCUT2D eigenvalue weighted by molar-refractivity contribution is 0.0697. The lowest BCUT2D eigenvalue weighted by atomic mass is 10.1. The van der Waals surface area contributed by atoms with E-state index in [0.29, 0.717) is 6.07 Å². The summed E-state index contributed by atoms with van der Waals surface area (Å²) in [6.45, 7) is -0.261. The van der Waals surface area contributed by atoms with Crippen LogP contribution in [0.3, 0.4) is 0 Å². The van der Waals surface area contributed by atoms with Crippen molar-refractivity contribution >= 4 is 87.9 Å². The van der Waals surface area contributed by atoms with Gasteiger partial charge < -0.3 is 31.1 Å². The number of amides is 1. The molecule has 0 aliphatic carbocycles. The minimum atomic E-state index is -4.92. The number of hydrogen-bond donors (Lipinski definition) is 8. The summed E-state index contributed by atoms with van der Waals surface area (Å²) in [6, 6.07) is 14.6. The number of benzene rings is 4. The Bertz CT molecular complexity index is 2620. The molecule has 0 radical (unpaired) electrons. The largest absolute Gasteiger partial charge is 0.507 e. The van der Waals surface area contributed by atoms with Crippen LogP contribution in [-0.2, 0) is 30.4 Å². The molecule has 0 unspecified atom stereocenters. The zero-order valence-electron chi connectivity index (χ0n) is 26.9. The van der Waals surface area contributed by atoms with Crippen molar-refractivity contribution in [3.8, 4) is 5.75 Å². The molecule has 0 spiro atoms. The van der Waals surface area contributed by atoms with Crippen LogP contribution in [0.1, 0.15) is 20.7 Å². The van der Waals surface area contributed by atoms with Crippen molar-refractivity contribution in [3.05, 3.63) is 83.9 Å². The molecular weight excluding hydrogens is 763 g/mol. The Balaban J connectivity index is 1.50. The summed E-state index contributed by atoms with van der Waals surface area (Å²) in [6.07, 6.45) is 0. The van der Waals surface area contributed by atoms with Gasteiger partial charge in [-0.05, 0) is 53.9 Å². The van der Waals surface area contributed by atoms with Crippen molar-refractivity contribution in [2.24, 2.45) is 0 Å². The highest BCUT2D eigenvalue weighted by atomic mass is 32.2. The number of phenolic OH excluding ortho intramolecular Hbond substituents is 1. The van der Waals surface area contributed by atoms with E-state index in [1.54, 1.807) is 6.07 Å². The van der Waals surface area contributed by atoms with Crippen LogP contribution in [0, 0.1) is 0 Å². The monoisotopic (exact) mass is 789 g/mol. The van der Waals surface area contributed by atoms with Crippen LogP contribution in [0.25, 0.3) is 10.8 Å². The van der Waals surface area contributed by atoms with E-state index in [2.05, 4.69) is 30.9 Å². The molecule has 278 valence electrons. The van der Waals surface area contributed by atoms with Crippen LogP contribution < -0.4 is 20.9 Å². The Morgan fingerprint density at radius 1 is 0.755 bits per heavy atom. The predicted molar refractivity (Wildman–Crippen MR) is 189 cm³/mol. The van der Waals surface area contributed by atoms with Gasteiger partial charge >= 0.3 is 5.97 Å². The minimum Gasteiger partial charge on any atom is -0.507 e. The first kappa shape index (κ1) is 38.3. The van der Waals surface area contributed by atoms with Crippen molar-refractivity contribution in [2.75, 3.05) is 40.2 Å². The molecule has 0 atom stereocenters. The fourth-order valence-electron chi connectivity index (χ4n) is 4.80. The van der Waals surface area contributed by atoms with Gasteiger partial charge in [-0.15, -0.1) is 0 Å². The highest BCUT2D eigenvalue weighted by Gasteiger charge is 2.22. The second kappa shape index (κ2) is 14.6. The highest BCUT2D eigenvalue weighted by molar-refractivity contribution is 7.86. The fraction of sp³-hybridized carbons (Fsp3) is 0.100. The molecule has 0 saturated heterocycles. The molecule has 5 rings (SSSR count). The van der Waals surface area contributed by atoms with E-state index in [4.69, 9.17) is 0 Å². The van der Waals surface area contributed by atoms with E-state index >= 15 is 0 Å². The van der Waals surface area contributed by atoms with E-state index < -0.39 is 63.5 Å². The van der Waals surface area contributed by atoms with Crippen molar-refractivity contribution in [1.82, 2.24) is 15.0 Å². The van der Waals surface area contributed by atoms with Gasteiger partial charge in [0.25, 0.3) is 36.3 Å². The molecule has 1 amide bonds. The van der Waals surface area contributed by atoms with Crippen LogP contribution in [0.2, 0.25) is 0 Å². The Kier molecular flexibility index (Phi) is 10.5. The number of fused-ring (bicyclic) bond motifs is 1. The van der Waals surface area contributed by atoms with E-state index in [1.165, 1.54) is 54.4 Å². The molecule has 0 aliphatic heterocycles. The number of aromatic nitrogens is 3. The van der Waals surface area contributed by atoms with Gasteiger partial charge in [0.05, 0.1) is 32.5 Å². The maximum Gasteiger partial charge on any atom is 0.337 e. The molecule has 8 N–H and O–H groups in total. The number of carbonyl (C=O) groups excluding carboxylic acids is 1. The number of carbonyl (C=O) groups is 2. The maximum atomic E-state index is 13.5. The number of carboxylic acid groups (broad SMARTS) is 1. The second-order valence-electron chi connectivity index (χ2n) is 11.1. The van der Waals surface area contributed by atoms with E-state index in [-0.39, 0.29) is 63.4 Å². The van der Waals surface area contributed by atoms with Crippen LogP contribution in [0.15, 0.2) is 82.6 Å². The van der Waals surface area contributed by atoms with Gasteiger partial charge in [0.15, 0.2) is 0 Å². The number of hydrogen-bond acceptors (Lipinski definition) is 15. The first-order valence-corrected chi connectivity index (χ1v) is 19.1. The molecule has 1 heterocycles. The molecule has 0 aliphatic rings. The molecule has 0 bridgehead atoms. The topological polar surface area (TPSA) is 316 Å². The van der Waals surface area contributed by atoms with Crippen LogP contribution in [-0.4, -0.2) is 95.3 Å². The van der Waals surface area contributed by atoms with Gasteiger partial charge in [0.1, 0.15) is 5.75 Å². The number of phenols is 1. The van der Waals surface area contributed by atoms with Crippen molar-refractivity contribution in [1.29, 1.82) is 0 Å². The van der Waals surface area contributed by atoms with Crippen LogP contribution in [0.5, 0.6) is 5.75 Å². The van der Waals surface area contributed by atoms with Crippen molar-refractivity contribution in [2.45, 2.75) is 9.79 Å². The fourth-order valence-corrected chi connectivity index (χ4v) is 6.38. The normalized spacial score (nSPS) is 11.9. The summed E-state index contributed by atoms with van der Waals surface area (Å²) < 4.78 is 98.5. The molecule has 23 heteroatoms. The third-order valence-electron chi connectivity index (χ3n) is 7.25. The number of aromatic hydroxyl groups is 1. The molecule has 0 fully saturated rings. The number of aromatic carboxylic acids is 1. The van der Waals surface area contributed by atoms with Crippen LogP contribution in [0.4, 0.5) is 34.9 Å². The zero-order valence-corrected chi connectivity index (χ0v) is 29.3. The first-order valence-electron chi connectivity index (χ1n) is 14.6. The summed E-state index contributed by atoms with van der Waals surface area (Å²) in [5.74, 6) is -4.04. The summed E-state index contributed by atoms with van der Waals surface area (Å²) in [7, 11) is -12.7. The quantitative estimate of drug-likeness (QED) is 0.0795. The van der Waals surface area contributed by atoms with Gasteiger partial charge in [-0.25, -0.2) is 4.79 Å². The number of anilines is 6. The van der Waals surface area contributed by atoms with Gasteiger partial charge in [-0.1, -0.05) is 18.2 Å². The third kappa shape index (κ3) is 9.47. The SMILES string of the molecule is CN(CCS(=O)(=O)O)c1nc(Nc2cccc(C(=O)Nc3cc(S(=O)(=O)O)cc4cc(S(=O)(=O)O)cc(O)c34)c2)nc(Nc2ccccc2C(=O)O)n1. The lowest BCUT2D eigenvalue weighted by Gasteiger charge is -2.18. The summed E-state index contributed by atoms with van der Waals surface area (Å²) in [5, 5.41) is 27.8. The molecule has 1 aromatic heterocycles. The summed E-state index contributed by atoms with van der Waals surface area (Å²) in [4.78, 5) is 37.7. The molecule has 53 heavy (non-hydrogen) atoms. The van der Waals surface area contributed by atoms with Gasteiger partial charge in [-0.2, -0.15) is 40.2 Å². The Morgan fingerprint density at radius 2 is 1.38 bits per heavy atom. The van der Waals surface area contributed by atoms with E-state index in [1.807, 2.05) is 0 Å². The number of para-hydroxylation sites is 1. The Labute approximate surface area is 300 Å². The molecule has 4 aromatic carbocycles. The second-order valence-corrected chi connectivity index (χ2v) is 15.5. The maximum absolute atomic E-state index is 13.5. The molecule has 0 saturated carbocycles. The average Bonchev–Trinajstić information content (AvgIpc) is 3.06. The first-order chi connectivity index (χ1) is 24.7. The number of nitrogens with zero attached hydrogens (tertiary/aromatic N) is 4. The van der Waals surface area contributed by atoms with Gasteiger partial charge in [0, 0.05) is 36.3 Å². The number of nitrogens with one attached hydrogen (secondary N) is 3.